The zero-order valence-corrected chi connectivity index (χ0v) is 9.66. The Morgan fingerprint density at radius 2 is 1.69 bits per heavy atom. The number of carbonyl (C=O) groups is 1. The molecule has 0 spiro atoms. The Balaban J connectivity index is 3.59. The molecule has 88 valence electrons. The minimum atomic E-state index is -0.230. The first kappa shape index (κ1) is 12.2. The van der Waals surface area contributed by atoms with E-state index in [0.29, 0.717) is 0 Å². The zero-order chi connectivity index (χ0) is 12.3. The van der Waals surface area contributed by atoms with Gasteiger partial charge in [-0.1, -0.05) is 0 Å². The monoisotopic (exact) mass is 226 g/mol. The molecule has 0 saturated heterocycles. The maximum Gasteiger partial charge on any atom is 0.204 e. The molecule has 1 rings (SSSR count). The number of benzene rings is 1. The van der Waals surface area contributed by atoms with Gasteiger partial charge in [-0.05, 0) is 6.92 Å². The number of rotatable bonds is 4. The number of hydrogen-bond donors (Lipinski definition) is 1. The van der Waals surface area contributed by atoms with E-state index in [1.165, 1.54) is 34.3 Å². The Hall–Kier alpha value is -1.91. The smallest absolute Gasteiger partial charge is 0.204 e. The van der Waals surface area contributed by atoms with E-state index >= 15 is 0 Å². The molecule has 0 aliphatic rings. The third-order valence-corrected chi connectivity index (χ3v) is 2.16. The second kappa shape index (κ2) is 4.74. The van der Waals surface area contributed by atoms with Crippen LogP contribution in [0.3, 0.4) is 0 Å². The maximum atomic E-state index is 11.5. The third-order valence-electron chi connectivity index (χ3n) is 2.16. The summed E-state index contributed by atoms with van der Waals surface area (Å²) in [5.74, 6) is 0.177. The van der Waals surface area contributed by atoms with Crippen LogP contribution in [0.1, 0.15) is 17.3 Å². The van der Waals surface area contributed by atoms with Gasteiger partial charge in [-0.3, -0.25) is 4.79 Å². The topological polar surface area (TPSA) is 65.0 Å². The highest BCUT2D eigenvalue weighted by atomic mass is 16.5. The van der Waals surface area contributed by atoms with Crippen LogP contribution in [0.5, 0.6) is 23.0 Å². The molecule has 0 unspecified atom stereocenters. The highest BCUT2D eigenvalue weighted by Gasteiger charge is 2.23. The molecule has 1 N–H and O–H groups in total. The molecule has 0 heterocycles. The molecular formula is C11H14O5. The molecule has 0 amide bonds. The number of methoxy groups -OCH3 is 3. The van der Waals surface area contributed by atoms with Crippen molar-refractivity contribution < 1.29 is 24.1 Å². The quantitative estimate of drug-likeness (QED) is 0.790. The van der Waals surface area contributed by atoms with Gasteiger partial charge < -0.3 is 19.3 Å². The van der Waals surface area contributed by atoms with Crippen LogP contribution in [0.2, 0.25) is 0 Å². The summed E-state index contributed by atoms with van der Waals surface area (Å²) in [6.07, 6.45) is 0. The summed E-state index contributed by atoms with van der Waals surface area (Å²) in [6, 6.07) is 1.32. The van der Waals surface area contributed by atoms with E-state index < -0.39 is 0 Å². The van der Waals surface area contributed by atoms with Crippen molar-refractivity contribution in [1.82, 2.24) is 0 Å². The van der Waals surface area contributed by atoms with Crippen LogP contribution in [0.4, 0.5) is 0 Å². The van der Waals surface area contributed by atoms with Crippen molar-refractivity contribution in [2.24, 2.45) is 0 Å². The van der Waals surface area contributed by atoms with Gasteiger partial charge in [-0.25, -0.2) is 0 Å². The Kier molecular flexibility index (Phi) is 3.60. The average molecular weight is 226 g/mol. The standard InChI is InChI=1S/C11H14O5/c1-6(12)9-8(14-2)5-7(13)10(15-3)11(9)16-4/h5,13H,1-4H3. The normalized spacial score (nSPS) is 9.75. The Labute approximate surface area is 93.6 Å². The predicted molar refractivity (Wildman–Crippen MR) is 57.8 cm³/mol. The van der Waals surface area contributed by atoms with Crippen LogP contribution in [0.25, 0.3) is 0 Å². The van der Waals surface area contributed by atoms with E-state index in [-0.39, 0.29) is 34.3 Å². The predicted octanol–water partition coefficient (Wildman–Crippen LogP) is 1.62. The van der Waals surface area contributed by atoms with Crippen molar-refractivity contribution in [2.75, 3.05) is 21.3 Å². The largest absolute Gasteiger partial charge is 0.504 e. The van der Waals surface area contributed by atoms with E-state index in [2.05, 4.69) is 0 Å². The first-order valence-corrected chi connectivity index (χ1v) is 4.59. The molecule has 0 saturated carbocycles. The zero-order valence-electron chi connectivity index (χ0n) is 9.66. The number of hydrogen-bond acceptors (Lipinski definition) is 5. The Morgan fingerprint density at radius 1 is 1.12 bits per heavy atom. The second-order valence-electron chi connectivity index (χ2n) is 3.10. The molecule has 0 radical (unpaired) electrons. The molecule has 1 aromatic carbocycles. The van der Waals surface area contributed by atoms with Gasteiger partial charge in [0.05, 0.1) is 21.3 Å². The maximum absolute atomic E-state index is 11.5. The number of carbonyl (C=O) groups excluding carboxylic acids is 1. The van der Waals surface area contributed by atoms with E-state index in [0.717, 1.165) is 0 Å². The van der Waals surface area contributed by atoms with Crippen LogP contribution in [-0.4, -0.2) is 32.2 Å². The van der Waals surface area contributed by atoms with E-state index in [4.69, 9.17) is 14.2 Å². The van der Waals surface area contributed by atoms with Gasteiger partial charge in [0, 0.05) is 6.07 Å². The molecular weight excluding hydrogens is 212 g/mol. The number of phenols is 1. The number of phenolic OH excluding ortho intramolecular Hbond substituents is 1. The molecule has 0 aromatic heterocycles. The summed E-state index contributed by atoms with van der Waals surface area (Å²) in [4.78, 5) is 11.5. The van der Waals surface area contributed by atoms with Gasteiger partial charge in [0.1, 0.15) is 11.3 Å². The van der Waals surface area contributed by atoms with Gasteiger partial charge >= 0.3 is 0 Å². The number of aromatic hydroxyl groups is 1. The summed E-state index contributed by atoms with van der Waals surface area (Å²) in [5, 5.41) is 9.64. The minimum absolute atomic E-state index is 0.119. The van der Waals surface area contributed by atoms with Crippen LogP contribution < -0.4 is 14.2 Å². The third kappa shape index (κ3) is 1.88. The number of ether oxygens (including phenoxy) is 3. The van der Waals surface area contributed by atoms with E-state index in [1.54, 1.807) is 0 Å². The van der Waals surface area contributed by atoms with Crippen molar-refractivity contribution >= 4 is 5.78 Å². The molecule has 0 atom stereocenters. The fourth-order valence-corrected chi connectivity index (χ4v) is 1.49. The highest BCUT2D eigenvalue weighted by Crippen LogP contribution is 2.44. The van der Waals surface area contributed by atoms with Crippen LogP contribution in [-0.2, 0) is 0 Å². The summed E-state index contributed by atoms with van der Waals surface area (Å²) in [5.41, 5.74) is 0.250. The van der Waals surface area contributed by atoms with Gasteiger partial charge in [0.25, 0.3) is 0 Å². The van der Waals surface area contributed by atoms with Crippen LogP contribution in [0.15, 0.2) is 6.07 Å². The van der Waals surface area contributed by atoms with Crippen molar-refractivity contribution in [3.63, 3.8) is 0 Å². The highest BCUT2D eigenvalue weighted by molar-refractivity contribution is 6.01. The molecule has 5 nitrogen and oxygen atoms in total. The van der Waals surface area contributed by atoms with Crippen LogP contribution >= 0.6 is 0 Å². The molecule has 5 heteroatoms. The van der Waals surface area contributed by atoms with Crippen molar-refractivity contribution in [3.05, 3.63) is 11.6 Å². The summed E-state index contributed by atoms with van der Waals surface area (Å²) >= 11 is 0. The van der Waals surface area contributed by atoms with E-state index in [9.17, 15) is 9.90 Å². The van der Waals surface area contributed by atoms with E-state index in [1.807, 2.05) is 0 Å². The van der Waals surface area contributed by atoms with Gasteiger partial charge in [-0.15, -0.1) is 0 Å². The average Bonchev–Trinajstić information content (AvgIpc) is 2.26. The van der Waals surface area contributed by atoms with Crippen molar-refractivity contribution in [2.45, 2.75) is 6.92 Å². The molecule has 0 aliphatic heterocycles. The van der Waals surface area contributed by atoms with Crippen molar-refractivity contribution in [3.8, 4) is 23.0 Å². The summed E-state index contributed by atoms with van der Waals surface area (Å²) in [6.45, 7) is 1.39. The SMILES string of the molecule is COc1cc(O)c(OC)c(OC)c1C(C)=O. The summed E-state index contributed by atoms with van der Waals surface area (Å²) in [7, 11) is 4.18. The van der Waals surface area contributed by atoms with Crippen LogP contribution in [0, 0.1) is 0 Å². The molecule has 1 aromatic rings. The fourth-order valence-electron chi connectivity index (χ4n) is 1.49. The summed E-state index contributed by atoms with van der Waals surface area (Å²) < 4.78 is 15.1. The minimum Gasteiger partial charge on any atom is -0.504 e. The molecule has 0 bridgehead atoms. The van der Waals surface area contributed by atoms with Gasteiger partial charge in [0.2, 0.25) is 5.75 Å². The Bertz CT molecular complexity index is 411. The lowest BCUT2D eigenvalue weighted by molar-refractivity contribution is 0.101. The lowest BCUT2D eigenvalue weighted by Gasteiger charge is -2.15. The lowest BCUT2D eigenvalue weighted by Crippen LogP contribution is -2.03. The fraction of sp³-hybridized carbons (Fsp3) is 0.364. The molecule has 0 fully saturated rings. The first-order valence-electron chi connectivity index (χ1n) is 4.59. The molecule has 0 aliphatic carbocycles. The van der Waals surface area contributed by atoms with Gasteiger partial charge in [-0.2, -0.15) is 0 Å². The Morgan fingerprint density at radius 3 is 2.06 bits per heavy atom. The number of Topliss-reactive ketones (excluding diaryl/α,β-unsaturated/α-hetero) is 1. The second-order valence-corrected chi connectivity index (χ2v) is 3.10. The first-order chi connectivity index (χ1) is 7.56. The molecule has 16 heavy (non-hydrogen) atoms. The lowest BCUT2D eigenvalue weighted by atomic mass is 10.1. The van der Waals surface area contributed by atoms with Crippen molar-refractivity contribution in [1.29, 1.82) is 0 Å². The number of ketones is 1. The van der Waals surface area contributed by atoms with Gasteiger partial charge in [0.15, 0.2) is 17.3 Å².